The number of hydrogen-bond acceptors (Lipinski definition) is 8. The molecule has 6 rings (SSSR count). The van der Waals surface area contributed by atoms with Crippen molar-refractivity contribution in [1.29, 1.82) is 0 Å². The summed E-state index contributed by atoms with van der Waals surface area (Å²) < 4.78 is 18.5. The number of para-hydroxylation sites is 1. The minimum atomic E-state index is -1.11. The molecule has 2 fully saturated rings. The first-order valence-electron chi connectivity index (χ1n) is 17.3. The van der Waals surface area contributed by atoms with E-state index in [1.54, 1.807) is 7.11 Å². The summed E-state index contributed by atoms with van der Waals surface area (Å²) in [7, 11) is 3.12. The van der Waals surface area contributed by atoms with Crippen LogP contribution < -0.4 is 0 Å². The molecule has 2 aromatic heterocycles. The highest BCUT2D eigenvalue weighted by Gasteiger charge is 2.43. The predicted molar refractivity (Wildman–Crippen MR) is 192 cm³/mol. The number of aryl methyl sites for hydroxylation is 1. The van der Waals surface area contributed by atoms with E-state index >= 15 is 0 Å². The van der Waals surface area contributed by atoms with Gasteiger partial charge in [-0.15, -0.1) is 11.3 Å². The smallest absolute Gasteiger partial charge is 0.348 e. The van der Waals surface area contributed by atoms with Crippen LogP contribution >= 0.6 is 11.3 Å². The number of carbonyl (C=O) groups is 2. The number of methoxy groups -OCH3 is 2. The lowest BCUT2D eigenvalue weighted by molar-refractivity contribution is -0.245. The van der Waals surface area contributed by atoms with Gasteiger partial charge >= 0.3 is 5.97 Å². The molecule has 1 aliphatic heterocycles. The second-order valence-corrected chi connectivity index (χ2v) is 15.2. The van der Waals surface area contributed by atoms with Crippen LogP contribution in [0.1, 0.15) is 73.2 Å². The first kappa shape index (κ1) is 35.3. The molecule has 3 heterocycles. The fraction of sp³-hybridized carbons (Fsp3) is 0.487. The van der Waals surface area contributed by atoms with Crippen molar-refractivity contribution in [2.24, 2.45) is 5.92 Å². The molecule has 0 bridgehead atoms. The molecule has 262 valence electrons. The molecule has 1 amide bonds. The van der Waals surface area contributed by atoms with Gasteiger partial charge in [0.2, 0.25) is 12.3 Å². The Hall–Kier alpha value is -3.54. The van der Waals surface area contributed by atoms with Crippen LogP contribution in [0.2, 0.25) is 0 Å². The standard InChI is InChI=1S/C39H49N3O6S/c1-39(2,3)48-38(45)41-18-16-31(27-11-8-10-26(20-27)28-21-35(49-25-28)37(44)47-5)33(24-41)36(43)42(30-14-15-30)23-29-22-40(17-9-19-46-4)34-13-7-6-12-32(29)34/h6-8,10-13,20-22,25,30-31,33,38,45H,9,14-19,23-24H2,1-5H3/t31-,33+,38?/m1/s1. The summed E-state index contributed by atoms with van der Waals surface area (Å²) in [5.41, 5.74) is 4.80. The SMILES string of the molecule is COCCCn1cc(CN(C(=O)[C@H]2CN(C(O)OC(C)(C)C)CC[C@@H]2c2cccc(-c3csc(C(=O)OC)c3)c2)C2CC2)c2ccccc21. The number of ether oxygens (including phenoxy) is 3. The molecule has 4 aromatic rings. The summed E-state index contributed by atoms with van der Waals surface area (Å²) in [6.07, 6.45) is 4.69. The number of amides is 1. The molecule has 1 N–H and O–H groups in total. The van der Waals surface area contributed by atoms with Gasteiger partial charge in [0.15, 0.2) is 0 Å². The first-order chi connectivity index (χ1) is 23.6. The van der Waals surface area contributed by atoms with Crippen LogP contribution in [0.15, 0.2) is 66.2 Å². The predicted octanol–water partition coefficient (Wildman–Crippen LogP) is 6.88. The third kappa shape index (κ3) is 8.27. The highest BCUT2D eigenvalue weighted by atomic mass is 32.1. The fourth-order valence-electron chi connectivity index (χ4n) is 7.04. The van der Waals surface area contributed by atoms with E-state index in [9.17, 15) is 14.7 Å². The monoisotopic (exact) mass is 687 g/mol. The zero-order chi connectivity index (χ0) is 34.7. The van der Waals surface area contributed by atoms with Crippen LogP contribution in [0.4, 0.5) is 0 Å². The largest absolute Gasteiger partial charge is 0.465 e. The van der Waals surface area contributed by atoms with Crippen molar-refractivity contribution in [2.45, 2.75) is 83.5 Å². The van der Waals surface area contributed by atoms with Crippen LogP contribution in [-0.4, -0.2) is 83.3 Å². The van der Waals surface area contributed by atoms with Gasteiger partial charge in [0.05, 0.1) is 18.6 Å². The van der Waals surface area contributed by atoms with Gasteiger partial charge in [0.25, 0.3) is 0 Å². The van der Waals surface area contributed by atoms with E-state index in [1.165, 1.54) is 29.3 Å². The number of nitrogens with zero attached hydrogens (tertiary/aromatic N) is 3. The summed E-state index contributed by atoms with van der Waals surface area (Å²) in [6, 6.07) is 18.8. The summed E-state index contributed by atoms with van der Waals surface area (Å²) >= 11 is 1.36. The number of benzene rings is 2. The van der Waals surface area contributed by atoms with Crippen molar-refractivity contribution < 1.29 is 28.9 Å². The average molecular weight is 688 g/mol. The van der Waals surface area contributed by atoms with Crippen molar-refractivity contribution in [3.8, 4) is 11.1 Å². The number of aromatic nitrogens is 1. The Labute approximate surface area is 293 Å². The highest BCUT2D eigenvalue weighted by Crippen LogP contribution is 2.40. The second-order valence-electron chi connectivity index (χ2n) is 14.3. The molecule has 9 nitrogen and oxygen atoms in total. The molecule has 1 aliphatic carbocycles. The van der Waals surface area contributed by atoms with Gasteiger partial charge in [-0.1, -0.05) is 42.5 Å². The van der Waals surface area contributed by atoms with Gasteiger partial charge in [-0.2, -0.15) is 0 Å². The molecule has 2 aliphatic rings. The molecule has 1 unspecified atom stereocenters. The second kappa shape index (κ2) is 15.1. The van der Waals surface area contributed by atoms with Crippen LogP contribution in [-0.2, 0) is 32.1 Å². The van der Waals surface area contributed by atoms with Gasteiger partial charge in [-0.3, -0.25) is 9.69 Å². The van der Waals surface area contributed by atoms with E-state index < -0.39 is 12.0 Å². The molecule has 1 saturated carbocycles. The Morgan fingerprint density at radius 2 is 1.84 bits per heavy atom. The van der Waals surface area contributed by atoms with E-state index in [0.29, 0.717) is 37.5 Å². The molecule has 3 atom stereocenters. The van der Waals surface area contributed by atoms with Crippen molar-refractivity contribution >= 4 is 34.1 Å². The zero-order valence-corrected chi connectivity index (χ0v) is 30.1. The zero-order valence-electron chi connectivity index (χ0n) is 29.3. The number of aliphatic hydroxyl groups excluding tert-OH is 1. The molecule has 10 heteroatoms. The summed E-state index contributed by atoms with van der Waals surface area (Å²) in [4.78, 5) is 31.7. The minimum Gasteiger partial charge on any atom is -0.465 e. The number of piperidine rings is 1. The first-order valence-corrected chi connectivity index (χ1v) is 18.2. The number of esters is 1. The molecular weight excluding hydrogens is 639 g/mol. The number of carbonyl (C=O) groups excluding carboxylic acids is 2. The lowest BCUT2D eigenvalue weighted by atomic mass is 9.79. The van der Waals surface area contributed by atoms with Gasteiger partial charge < -0.3 is 28.8 Å². The minimum absolute atomic E-state index is 0.0547. The number of fused-ring (bicyclic) bond motifs is 1. The Kier molecular flexibility index (Phi) is 10.9. The maximum Gasteiger partial charge on any atom is 0.348 e. The van der Waals surface area contributed by atoms with Crippen molar-refractivity contribution in [3.05, 3.63) is 82.2 Å². The number of hydrogen-bond donors (Lipinski definition) is 1. The van der Waals surface area contributed by atoms with Crippen LogP contribution in [0.25, 0.3) is 22.0 Å². The molecule has 49 heavy (non-hydrogen) atoms. The Balaban J connectivity index is 1.31. The van der Waals surface area contributed by atoms with E-state index in [1.807, 2.05) is 49.3 Å². The molecule has 2 aromatic carbocycles. The maximum absolute atomic E-state index is 14.9. The summed E-state index contributed by atoms with van der Waals surface area (Å²) in [5, 5.41) is 14.3. The van der Waals surface area contributed by atoms with Crippen LogP contribution in [0.3, 0.4) is 0 Å². The molecule has 0 radical (unpaired) electrons. The van der Waals surface area contributed by atoms with Gasteiger partial charge in [0.1, 0.15) is 4.88 Å². The van der Waals surface area contributed by atoms with Crippen molar-refractivity contribution in [1.82, 2.24) is 14.4 Å². The van der Waals surface area contributed by atoms with Crippen LogP contribution in [0, 0.1) is 5.92 Å². The number of likely N-dealkylation sites (tertiary alicyclic amines) is 1. The topological polar surface area (TPSA) is 93.5 Å². The molecule has 0 spiro atoms. The summed E-state index contributed by atoms with van der Waals surface area (Å²) in [6.45, 7) is 8.83. The van der Waals surface area contributed by atoms with Gasteiger partial charge in [0, 0.05) is 63.0 Å². The van der Waals surface area contributed by atoms with E-state index in [2.05, 4.69) is 52.1 Å². The number of rotatable bonds is 13. The maximum atomic E-state index is 14.9. The third-order valence-corrected chi connectivity index (χ3v) is 10.5. The number of thiophene rings is 1. The molecular formula is C39H49N3O6S. The Bertz CT molecular complexity index is 1750. The normalized spacial score (nSPS) is 19.2. The molecule has 1 saturated heterocycles. The lowest BCUT2D eigenvalue weighted by Gasteiger charge is -2.42. The highest BCUT2D eigenvalue weighted by molar-refractivity contribution is 7.12. The van der Waals surface area contributed by atoms with E-state index in [0.717, 1.165) is 48.1 Å². The summed E-state index contributed by atoms with van der Waals surface area (Å²) in [5.74, 6) is -0.670. The van der Waals surface area contributed by atoms with Crippen molar-refractivity contribution in [2.75, 3.05) is 33.9 Å². The lowest BCUT2D eigenvalue weighted by Crippen LogP contribution is -2.53. The van der Waals surface area contributed by atoms with Crippen molar-refractivity contribution in [3.63, 3.8) is 0 Å². The van der Waals surface area contributed by atoms with Gasteiger partial charge in [-0.25, -0.2) is 4.79 Å². The van der Waals surface area contributed by atoms with Crippen LogP contribution in [0.5, 0.6) is 0 Å². The van der Waals surface area contributed by atoms with E-state index in [4.69, 9.17) is 14.2 Å². The van der Waals surface area contributed by atoms with E-state index in [-0.39, 0.29) is 29.8 Å². The quantitative estimate of drug-likeness (QED) is 0.0931. The third-order valence-electron chi connectivity index (χ3n) is 9.60. The fourth-order valence-corrected chi connectivity index (χ4v) is 7.88. The number of aliphatic hydroxyl groups is 1. The Morgan fingerprint density at radius 3 is 2.57 bits per heavy atom. The average Bonchev–Trinajstić information content (AvgIpc) is 3.71. The van der Waals surface area contributed by atoms with Gasteiger partial charge in [-0.05, 0) is 92.1 Å². The Morgan fingerprint density at radius 1 is 1.04 bits per heavy atom.